The summed E-state index contributed by atoms with van der Waals surface area (Å²) in [5.41, 5.74) is 1.35. The molecule has 0 saturated carbocycles. The van der Waals surface area contributed by atoms with E-state index < -0.39 is 0 Å². The number of methoxy groups -OCH3 is 1. The number of anilines is 1. The zero-order valence-electron chi connectivity index (χ0n) is 15.7. The Labute approximate surface area is 176 Å². The van der Waals surface area contributed by atoms with Crippen LogP contribution in [0.25, 0.3) is 22.6 Å². The number of hydrogen-bond donors (Lipinski definition) is 1. The van der Waals surface area contributed by atoms with Crippen molar-refractivity contribution in [2.75, 3.05) is 18.2 Å². The van der Waals surface area contributed by atoms with E-state index in [1.807, 2.05) is 37.4 Å². The van der Waals surface area contributed by atoms with Gasteiger partial charge < -0.3 is 19.0 Å². The van der Waals surface area contributed by atoms with Crippen molar-refractivity contribution < 1.29 is 13.9 Å². The Hall–Kier alpha value is -2.97. The van der Waals surface area contributed by atoms with Crippen molar-refractivity contribution in [3.63, 3.8) is 0 Å². The van der Waals surface area contributed by atoms with Gasteiger partial charge in [-0.05, 0) is 36.4 Å². The maximum atomic E-state index is 12.3. The smallest absolute Gasteiger partial charge is 0.234 e. The van der Waals surface area contributed by atoms with Gasteiger partial charge in [-0.25, -0.2) is 0 Å². The number of nitrogens with one attached hydrogen (secondary N) is 1. The van der Waals surface area contributed by atoms with E-state index in [9.17, 15) is 4.79 Å². The number of fused-ring (bicyclic) bond motifs is 1. The molecule has 0 fully saturated rings. The molecule has 0 spiro atoms. The summed E-state index contributed by atoms with van der Waals surface area (Å²) in [4.78, 5) is 12.3. The van der Waals surface area contributed by atoms with Gasteiger partial charge in [0.05, 0.1) is 18.6 Å². The number of para-hydroxylation sites is 2. The molecule has 0 saturated heterocycles. The molecule has 4 aromatic rings. The van der Waals surface area contributed by atoms with Gasteiger partial charge in [0.15, 0.2) is 16.7 Å². The molecule has 0 unspecified atom stereocenters. The number of thioether (sulfide) groups is 1. The van der Waals surface area contributed by atoms with Gasteiger partial charge in [0.1, 0.15) is 11.3 Å². The van der Waals surface area contributed by atoms with Crippen LogP contribution in [0.15, 0.2) is 58.1 Å². The van der Waals surface area contributed by atoms with Crippen LogP contribution in [0.2, 0.25) is 5.02 Å². The first-order valence-corrected chi connectivity index (χ1v) is 10.1. The molecule has 148 valence electrons. The van der Waals surface area contributed by atoms with Gasteiger partial charge in [-0.2, -0.15) is 0 Å². The minimum Gasteiger partial charge on any atom is -0.495 e. The highest BCUT2D eigenvalue weighted by atomic mass is 35.5. The van der Waals surface area contributed by atoms with Crippen LogP contribution in [-0.4, -0.2) is 33.5 Å². The summed E-state index contributed by atoms with van der Waals surface area (Å²) in [7, 11) is 3.39. The molecule has 0 atom stereocenters. The standard InChI is InChI=1S/C20H17ClN4O3S/c1-25-19(17-10-12-9-13(21)7-8-15(12)28-17)23-24-20(25)29-11-18(26)22-14-5-3-4-6-16(14)27-2/h3-10H,11H2,1-2H3,(H,22,26). The molecule has 4 rings (SSSR count). The number of carbonyl (C=O) groups is 1. The molecule has 1 amide bonds. The Kier molecular flexibility index (Phi) is 5.46. The molecule has 9 heteroatoms. The number of benzene rings is 2. The lowest BCUT2D eigenvalue weighted by Crippen LogP contribution is -2.15. The minimum atomic E-state index is -0.164. The molecular formula is C20H17ClN4O3S. The molecular weight excluding hydrogens is 412 g/mol. The molecule has 0 radical (unpaired) electrons. The lowest BCUT2D eigenvalue weighted by Gasteiger charge is -2.09. The van der Waals surface area contributed by atoms with Crippen LogP contribution in [0.3, 0.4) is 0 Å². The molecule has 0 aliphatic heterocycles. The van der Waals surface area contributed by atoms with Crippen molar-refractivity contribution in [2.45, 2.75) is 5.16 Å². The van der Waals surface area contributed by atoms with E-state index in [1.54, 1.807) is 29.9 Å². The summed E-state index contributed by atoms with van der Waals surface area (Å²) in [6, 6.07) is 14.5. The Morgan fingerprint density at radius 3 is 2.90 bits per heavy atom. The predicted octanol–water partition coefficient (Wildman–Crippen LogP) is 4.62. The minimum absolute atomic E-state index is 0.164. The van der Waals surface area contributed by atoms with Gasteiger partial charge in [0, 0.05) is 17.5 Å². The lowest BCUT2D eigenvalue weighted by molar-refractivity contribution is -0.113. The number of halogens is 1. The predicted molar refractivity (Wildman–Crippen MR) is 114 cm³/mol. The highest BCUT2D eigenvalue weighted by molar-refractivity contribution is 7.99. The van der Waals surface area contributed by atoms with Gasteiger partial charge in [-0.15, -0.1) is 10.2 Å². The quantitative estimate of drug-likeness (QED) is 0.451. The molecule has 0 bridgehead atoms. The van der Waals surface area contributed by atoms with Gasteiger partial charge in [-0.3, -0.25) is 4.79 Å². The fourth-order valence-electron chi connectivity index (χ4n) is 2.84. The van der Waals surface area contributed by atoms with Crippen molar-refractivity contribution in [3.8, 4) is 17.3 Å². The molecule has 0 aliphatic rings. The van der Waals surface area contributed by atoms with E-state index in [0.717, 1.165) is 11.0 Å². The normalized spacial score (nSPS) is 11.0. The highest BCUT2D eigenvalue weighted by Crippen LogP contribution is 2.30. The van der Waals surface area contributed by atoms with E-state index in [0.29, 0.717) is 33.2 Å². The van der Waals surface area contributed by atoms with Crippen LogP contribution < -0.4 is 10.1 Å². The molecule has 7 nitrogen and oxygen atoms in total. The van der Waals surface area contributed by atoms with Crippen molar-refractivity contribution in [1.29, 1.82) is 0 Å². The summed E-state index contributed by atoms with van der Waals surface area (Å²) < 4.78 is 12.9. The highest BCUT2D eigenvalue weighted by Gasteiger charge is 2.17. The van der Waals surface area contributed by atoms with E-state index in [2.05, 4.69) is 15.5 Å². The van der Waals surface area contributed by atoms with Crippen molar-refractivity contribution in [1.82, 2.24) is 14.8 Å². The number of amides is 1. The van der Waals surface area contributed by atoms with E-state index in [1.165, 1.54) is 11.8 Å². The monoisotopic (exact) mass is 428 g/mol. The zero-order chi connectivity index (χ0) is 20.4. The zero-order valence-corrected chi connectivity index (χ0v) is 17.3. The van der Waals surface area contributed by atoms with Crippen LogP contribution in [-0.2, 0) is 11.8 Å². The number of aromatic nitrogens is 3. The second kappa shape index (κ2) is 8.18. The van der Waals surface area contributed by atoms with Crippen LogP contribution in [0.1, 0.15) is 0 Å². The van der Waals surface area contributed by atoms with Gasteiger partial charge in [0.2, 0.25) is 5.91 Å². The summed E-state index contributed by atoms with van der Waals surface area (Å²) >= 11 is 7.32. The molecule has 2 heterocycles. The third-order valence-electron chi connectivity index (χ3n) is 4.25. The molecule has 0 aliphatic carbocycles. The number of nitrogens with zero attached hydrogens (tertiary/aromatic N) is 3. The van der Waals surface area contributed by atoms with Crippen molar-refractivity contribution in [2.24, 2.45) is 7.05 Å². The van der Waals surface area contributed by atoms with E-state index in [-0.39, 0.29) is 11.7 Å². The SMILES string of the molecule is COc1ccccc1NC(=O)CSc1nnc(-c2cc3cc(Cl)ccc3o2)n1C. The average molecular weight is 429 g/mol. The second-order valence-electron chi connectivity index (χ2n) is 6.20. The van der Waals surface area contributed by atoms with Crippen molar-refractivity contribution in [3.05, 3.63) is 53.6 Å². The number of hydrogen-bond acceptors (Lipinski definition) is 6. The van der Waals surface area contributed by atoms with Gasteiger partial charge >= 0.3 is 0 Å². The maximum absolute atomic E-state index is 12.3. The fourth-order valence-corrected chi connectivity index (χ4v) is 3.74. The van der Waals surface area contributed by atoms with Crippen LogP contribution in [0, 0.1) is 0 Å². The number of carbonyl (C=O) groups excluding carboxylic acids is 1. The van der Waals surface area contributed by atoms with Crippen LogP contribution in [0.5, 0.6) is 5.75 Å². The van der Waals surface area contributed by atoms with Gasteiger partial charge in [0.25, 0.3) is 0 Å². The maximum Gasteiger partial charge on any atom is 0.234 e. The Bertz CT molecular complexity index is 1190. The molecule has 29 heavy (non-hydrogen) atoms. The summed E-state index contributed by atoms with van der Waals surface area (Å²) in [5, 5.41) is 13.4. The second-order valence-corrected chi connectivity index (χ2v) is 7.57. The summed E-state index contributed by atoms with van der Waals surface area (Å²) in [5.74, 6) is 1.78. The summed E-state index contributed by atoms with van der Waals surface area (Å²) in [6.07, 6.45) is 0. The topological polar surface area (TPSA) is 82.2 Å². The van der Waals surface area contributed by atoms with Crippen molar-refractivity contribution >= 4 is 45.9 Å². The summed E-state index contributed by atoms with van der Waals surface area (Å²) in [6.45, 7) is 0. The third kappa shape index (κ3) is 4.08. The Morgan fingerprint density at radius 1 is 1.24 bits per heavy atom. The first-order chi connectivity index (χ1) is 14.0. The first kappa shape index (κ1) is 19.4. The number of ether oxygens (including phenoxy) is 1. The largest absolute Gasteiger partial charge is 0.495 e. The lowest BCUT2D eigenvalue weighted by atomic mass is 10.2. The first-order valence-electron chi connectivity index (χ1n) is 8.69. The Balaban J connectivity index is 1.46. The third-order valence-corrected chi connectivity index (χ3v) is 5.50. The average Bonchev–Trinajstić information content (AvgIpc) is 3.29. The molecule has 1 N–H and O–H groups in total. The van der Waals surface area contributed by atoms with E-state index >= 15 is 0 Å². The number of furan rings is 1. The van der Waals surface area contributed by atoms with Crippen LogP contribution in [0.4, 0.5) is 5.69 Å². The fraction of sp³-hybridized carbons (Fsp3) is 0.150. The molecule has 2 aromatic carbocycles. The number of rotatable bonds is 6. The van der Waals surface area contributed by atoms with Gasteiger partial charge in [-0.1, -0.05) is 35.5 Å². The Morgan fingerprint density at radius 2 is 2.07 bits per heavy atom. The molecule has 2 aromatic heterocycles. The van der Waals surface area contributed by atoms with Crippen LogP contribution >= 0.6 is 23.4 Å². The van der Waals surface area contributed by atoms with E-state index in [4.69, 9.17) is 20.8 Å².